The van der Waals surface area contributed by atoms with Crippen LogP contribution in [0.2, 0.25) is 0 Å². The van der Waals surface area contributed by atoms with Gasteiger partial charge in [-0.2, -0.15) is 5.10 Å². The fourth-order valence-electron chi connectivity index (χ4n) is 4.52. The normalized spacial score (nSPS) is 15.1. The van der Waals surface area contributed by atoms with E-state index in [-0.39, 0.29) is 23.8 Å². The summed E-state index contributed by atoms with van der Waals surface area (Å²) in [5.74, 6) is 0.818. The molecule has 0 saturated heterocycles. The van der Waals surface area contributed by atoms with E-state index in [1.807, 2.05) is 55.1 Å². The van der Waals surface area contributed by atoms with Crippen LogP contribution in [0.25, 0.3) is 11.3 Å². The highest BCUT2D eigenvalue weighted by Gasteiger charge is 2.42. The predicted molar refractivity (Wildman–Crippen MR) is 136 cm³/mol. The first-order valence-corrected chi connectivity index (χ1v) is 12.5. The first kappa shape index (κ1) is 24.8. The number of nitrogens with zero attached hydrogens (tertiary/aromatic N) is 2. The van der Waals surface area contributed by atoms with Crippen LogP contribution in [0.3, 0.4) is 0 Å². The molecule has 1 aromatic heterocycles. The maximum atomic E-state index is 13.5. The summed E-state index contributed by atoms with van der Waals surface area (Å²) >= 11 is 0. The second kappa shape index (κ2) is 11.4. The largest absolute Gasteiger partial charge is 0.507 e. The van der Waals surface area contributed by atoms with Gasteiger partial charge >= 0.3 is 0 Å². The van der Waals surface area contributed by atoms with Crippen molar-refractivity contribution in [3.63, 3.8) is 0 Å². The molecule has 7 heteroatoms. The summed E-state index contributed by atoms with van der Waals surface area (Å²) in [6.45, 7) is 7.96. The standard InChI is InChI=1S/C28H35N3O4/c1-4-5-8-16-35-21-12-9-11-20(18-21)27-24-25(22-13-6-7-14-23(22)32)29-30-26(24)28(33)31(27)15-10-17-34-19(2)3/h6-7,9,11-14,18-19,27,32H,4-5,8,10,15-17H2,1-3H3,(H,29,30)/t27-/m1/s1. The second-order valence-electron chi connectivity index (χ2n) is 9.18. The summed E-state index contributed by atoms with van der Waals surface area (Å²) in [5, 5.41) is 17.9. The molecule has 2 heterocycles. The summed E-state index contributed by atoms with van der Waals surface area (Å²) in [6, 6.07) is 14.7. The fraction of sp³-hybridized carbons (Fsp3) is 0.429. The number of phenolic OH excluding ortho intramolecular Hbond substituents is 1. The van der Waals surface area contributed by atoms with E-state index in [0.717, 1.165) is 42.6 Å². The van der Waals surface area contributed by atoms with Crippen molar-refractivity contribution in [1.29, 1.82) is 0 Å². The van der Waals surface area contributed by atoms with Gasteiger partial charge in [-0.25, -0.2) is 0 Å². The Labute approximate surface area is 207 Å². The number of nitrogens with one attached hydrogen (secondary N) is 1. The molecule has 1 aliphatic rings. The molecule has 3 aromatic rings. The molecule has 35 heavy (non-hydrogen) atoms. The number of fused-ring (bicyclic) bond motifs is 1. The molecule has 0 saturated carbocycles. The van der Waals surface area contributed by atoms with Crippen molar-refractivity contribution < 1.29 is 19.4 Å². The van der Waals surface area contributed by atoms with Gasteiger partial charge in [0, 0.05) is 24.3 Å². The van der Waals surface area contributed by atoms with Crippen LogP contribution in [0, 0.1) is 0 Å². The number of phenols is 1. The van der Waals surface area contributed by atoms with Gasteiger partial charge in [-0.15, -0.1) is 0 Å². The Morgan fingerprint density at radius 1 is 1.09 bits per heavy atom. The number of aromatic amines is 1. The van der Waals surface area contributed by atoms with Crippen molar-refractivity contribution in [3.8, 4) is 22.8 Å². The average Bonchev–Trinajstić information content (AvgIpc) is 3.39. The highest BCUT2D eigenvalue weighted by Crippen LogP contribution is 2.44. The molecule has 1 atom stereocenters. The molecule has 0 spiro atoms. The number of para-hydroxylation sites is 1. The number of amides is 1. The minimum atomic E-state index is -0.343. The number of H-pyrrole nitrogens is 1. The van der Waals surface area contributed by atoms with Gasteiger partial charge in [0.15, 0.2) is 0 Å². The molecule has 0 aliphatic carbocycles. The summed E-state index contributed by atoms with van der Waals surface area (Å²) < 4.78 is 11.7. The zero-order valence-electron chi connectivity index (χ0n) is 20.8. The number of hydrogen-bond donors (Lipinski definition) is 2. The van der Waals surface area contributed by atoms with Gasteiger partial charge in [0.25, 0.3) is 5.91 Å². The number of carbonyl (C=O) groups excluding carboxylic acids is 1. The van der Waals surface area contributed by atoms with E-state index >= 15 is 0 Å². The number of rotatable bonds is 12. The van der Waals surface area contributed by atoms with Crippen LogP contribution in [0.5, 0.6) is 11.5 Å². The molecule has 2 N–H and O–H groups in total. The van der Waals surface area contributed by atoms with Crippen molar-refractivity contribution in [2.24, 2.45) is 0 Å². The minimum absolute atomic E-state index is 0.0991. The lowest BCUT2D eigenvalue weighted by molar-refractivity contribution is 0.0601. The van der Waals surface area contributed by atoms with Crippen LogP contribution in [-0.2, 0) is 4.74 Å². The number of carbonyl (C=O) groups is 1. The monoisotopic (exact) mass is 477 g/mol. The van der Waals surface area contributed by atoms with E-state index in [4.69, 9.17) is 9.47 Å². The molecule has 0 radical (unpaired) electrons. The first-order chi connectivity index (χ1) is 17.0. The minimum Gasteiger partial charge on any atom is -0.507 e. The molecule has 1 aliphatic heterocycles. The third-order valence-electron chi connectivity index (χ3n) is 6.21. The predicted octanol–water partition coefficient (Wildman–Crippen LogP) is 5.71. The van der Waals surface area contributed by atoms with E-state index in [9.17, 15) is 9.90 Å². The lowest BCUT2D eigenvalue weighted by Crippen LogP contribution is -2.31. The summed E-state index contributed by atoms with van der Waals surface area (Å²) in [7, 11) is 0. The van der Waals surface area contributed by atoms with Crippen molar-refractivity contribution in [1.82, 2.24) is 15.1 Å². The van der Waals surface area contributed by atoms with E-state index in [1.54, 1.807) is 12.1 Å². The number of unbranched alkanes of at least 4 members (excludes halogenated alkanes) is 2. The molecule has 1 amide bonds. The van der Waals surface area contributed by atoms with Crippen LogP contribution >= 0.6 is 0 Å². The highest BCUT2D eigenvalue weighted by molar-refractivity contribution is 6.00. The second-order valence-corrected chi connectivity index (χ2v) is 9.18. The van der Waals surface area contributed by atoms with Crippen LogP contribution in [0.4, 0.5) is 0 Å². The van der Waals surface area contributed by atoms with Crippen LogP contribution in [-0.4, -0.2) is 52.0 Å². The molecule has 2 aromatic carbocycles. The van der Waals surface area contributed by atoms with E-state index < -0.39 is 0 Å². The molecular weight excluding hydrogens is 442 g/mol. The van der Waals surface area contributed by atoms with Crippen LogP contribution in [0.15, 0.2) is 48.5 Å². The maximum absolute atomic E-state index is 13.5. The highest BCUT2D eigenvalue weighted by atomic mass is 16.5. The van der Waals surface area contributed by atoms with Gasteiger partial charge in [-0.3, -0.25) is 9.89 Å². The number of benzene rings is 2. The Balaban J connectivity index is 1.69. The molecular formula is C28H35N3O4. The molecule has 0 unspecified atom stereocenters. The zero-order chi connectivity index (χ0) is 24.8. The van der Waals surface area contributed by atoms with Crippen molar-refractivity contribution in [3.05, 3.63) is 65.4 Å². The average molecular weight is 478 g/mol. The lowest BCUT2D eigenvalue weighted by Gasteiger charge is -2.27. The Morgan fingerprint density at radius 2 is 1.91 bits per heavy atom. The smallest absolute Gasteiger partial charge is 0.273 e. The van der Waals surface area contributed by atoms with Crippen molar-refractivity contribution >= 4 is 5.91 Å². The molecule has 186 valence electrons. The lowest BCUT2D eigenvalue weighted by atomic mass is 9.95. The molecule has 0 fully saturated rings. The van der Waals surface area contributed by atoms with Gasteiger partial charge in [-0.1, -0.05) is 44.0 Å². The Hall–Kier alpha value is -3.32. The van der Waals surface area contributed by atoms with E-state index in [1.165, 1.54) is 0 Å². The molecule has 7 nitrogen and oxygen atoms in total. The van der Waals surface area contributed by atoms with Gasteiger partial charge in [-0.05, 0) is 56.5 Å². The quantitative estimate of drug-likeness (QED) is 0.326. The van der Waals surface area contributed by atoms with E-state index in [0.29, 0.717) is 36.7 Å². The van der Waals surface area contributed by atoms with Crippen LogP contribution < -0.4 is 4.74 Å². The third kappa shape index (κ3) is 5.51. The fourth-order valence-corrected chi connectivity index (χ4v) is 4.52. The number of hydrogen-bond acceptors (Lipinski definition) is 5. The molecule has 0 bridgehead atoms. The SMILES string of the molecule is CCCCCOc1cccc([C@@H]2c3c(-c4ccccc4O)n[nH]c3C(=O)N2CCCOC(C)C)c1. The summed E-state index contributed by atoms with van der Waals surface area (Å²) in [6.07, 6.45) is 4.14. The third-order valence-corrected chi connectivity index (χ3v) is 6.21. The summed E-state index contributed by atoms with van der Waals surface area (Å²) in [4.78, 5) is 15.4. The number of aromatic nitrogens is 2. The van der Waals surface area contributed by atoms with Gasteiger partial charge in [0.2, 0.25) is 0 Å². The zero-order valence-corrected chi connectivity index (χ0v) is 20.8. The topological polar surface area (TPSA) is 87.7 Å². The summed E-state index contributed by atoms with van der Waals surface area (Å²) in [5.41, 5.74) is 3.39. The van der Waals surface area contributed by atoms with Crippen LogP contribution in [0.1, 0.15) is 74.1 Å². The first-order valence-electron chi connectivity index (χ1n) is 12.5. The Morgan fingerprint density at radius 3 is 2.69 bits per heavy atom. The Bertz CT molecular complexity index is 1140. The van der Waals surface area contributed by atoms with Crippen molar-refractivity contribution in [2.75, 3.05) is 19.8 Å². The van der Waals surface area contributed by atoms with Crippen molar-refractivity contribution in [2.45, 2.75) is 58.6 Å². The van der Waals surface area contributed by atoms with Gasteiger partial charge in [0.05, 0.1) is 18.8 Å². The molecule has 4 rings (SSSR count). The van der Waals surface area contributed by atoms with E-state index in [2.05, 4.69) is 17.1 Å². The van der Waals surface area contributed by atoms with Gasteiger partial charge < -0.3 is 19.5 Å². The number of aromatic hydroxyl groups is 1. The maximum Gasteiger partial charge on any atom is 0.273 e. The number of ether oxygens (including phenoxy) is 2. The Kier molecular flexibility index (Phi) is 8.08. The van der Waals surface area contributed by atoms with Gasteiger partial charge in [0.1, 0.15) is 22.9 Å².